The Bertz CT molecular complexity index is 644. The summed E-state index contributed by atoms with van der Waals surface area (Å²) in [7, 11) is 0. The summed E-state index contributed by atoms with van der Waals surface area (Å²) in [6, 6.07) is 4.99. The molecule has 0 spiro atoms. The van der Waals surface area contributed by atoms with Crippen molar-refractivity contribution in [3.05, 3.63) is 24.2 Å². The zero-order valence-electron chi connectivity index (χ0n) is 13.3. The predicted octanol–water partition coefficient (Wildman–Crippen LogP) is 2.51. The second-order valence-electron chi connectivity index (χ2n) is 6.52. The Labute approximate surface area is 131 Å². The first-order valence-corrected chi connectivity index (χ1v) is 8.65. The molecule has 2 saturated heterocycles. The van der Waals surface area contributed by atoms with Gasteiger partial charge in [0, 0.05) is 18.8 Å². The van der Waals surface area contributed by atoms with Gasteiger partial charge in [0.15, 0.2) is 5.65 Å². The summed E-state index contributed by atoms with van der Waals surface area (Å²) in [4.78, 5) is 12.1. The molecule has 0 radical (unpaired) electrons. The first-order valence-electron chi connectivity index (χ1n) is 8.65. The van der Waals surface area contributed by atoms with E-state index in [-0.39, 0.29) is 0 Å². The van der Waals surface area contributed by atoms with E-state index in [4.69, 9.17) is 4.98 Å². The van der Waals surface area contributed by atoms with Crippen molar-refractivity contribution < 1.29 is 0 Å². The summed E-state index contributed by atoms with van der Waals surface area (Å²) in [6.45, 7) is 6.84. The first kappa shape index (κ1) is 14.2. The number of likely N-dealkylation sites (N-methyl/N-ethyl adjacent to an activating group) is 1. The lowest BCUT2D eigenvalue weighted by molar-refractivity contribution is 0.184. The maximum atomic E-state index is 4.94. The fourth-order valence-electron chi connectivity index (χ4n) is 3.99. The van der Waals surface area contributed by atoms with Crippen LogP contribution in [-0.4, -0.2) is 45.6 Å². The van der Waals surface area contributed by atoms with Crippen LogP contribution in [0.1, 0.15) is 50.5 Å². The summed E-state index contributed by atoms with van der Waals surface area (Å²) < 4.78 is 2.44. The van der Waals surface area contributed by atoms with Crippen molar-refractivity contribution >= 4 is 11.2 Å². The Morgan fingerprint density at radius 1 is 1.32 bits per heavy atom. The number of hydrogen-bond acceptors (Lipinski definition) is 4. The maximum Gasteiger partial charge on any atom is 0.160 e. The van der Waals surface area contributed by atoms with Gasteiger partial charge in [0.25, 0.3) is 0 Å². The van der Waals surface area contributed by atoms with Crippen LogP contribution in [0, 0.1) is 0 Å². The first-order chi connectivity index (χ1) is 10.9. The molecule has 5 nitrogen and oxygen atoms in total. The van der Waals surface area contributed by atoms with Crippen molar-refractivity contribution in [2.75, 3.05) is 26.2 Å². The van der Waals surface area contributed by atoms with Crippen molar-refractivity contribution in [2.24, 2.45) is 0 Å². The zero-order chi connectivity index (χ0) is 14.9. The van der Waals surface area contributed by atoms with E-state index in [0.29, 0.717) is 12.1 Å². The number of rotatable bonds is 3. The molecule has 0 aromatic carbocycles. The molecule has 118 valence electrons. The van der Waals surface area contributed by atoms with Gasteiger partial charge in [-0.3, -0.25) is 0 Å². The largest absolute Gasteiger partial charge is 0.307 e. The highest BCUT2D eigenvalue weighted by molar-refractivity contribution is 5.71. The fourth-order valence-corrected chi connectivity index (χ4v) is 3.99. The summed E-state index contributed by atoms with van der Waals surface area (Å²) in [5.41, 5.74) is 2.11. The summed E-state index contributed by atoms with van der Waals surface area (Å²) in [6.07, 6.45) is 6.83. The predicted molar refractivity (Wildman–Crippen MR) is 87.9 cm³/mol. The molecule has 2 aliphatic heterocycles. The highest BCUT2D eigenvalue weighted by atomic mass is 15.2. The third-order valence-corrected chi connectivity index (χ3v) is 5.14. The number of hydrogen-bond donors (Lipinski definition) is 1. The van der Waals surface area contributed by atoms with Gasteiger partial charge in [-0.15, -0.1) is 0 Å². The van der Waals surface area contributed by atoms with E-state index >= 15 is 0 Å². The Morgan fingerprint density at radius 2 is 2.27 bits per heavy atom. The van der Waals surface area contributed by atoms with Crippen molar-refractivity contribution in [3.63, 3.8) is 0 Å². The highest BCUT2D eigenvalue weighted by Crippen LogP contribution is 2.32. The van der Waals surface area contributed by atoms with E-state index in [1.165, 1.54) is 38.1 Å². The van der Waals surface area contributed by atoms with E-state index in [0.717, 1.165) is 30.8 Å². The van der Waals surface area contributed by atoms with Crippen LogP contribution >= 0.6 is 0 Å². The monoisotopic (exact) mass is 299 g/mol. The molecular weight excluding hydrogens is 274 g/mol. The molecule has 4 rings (SSSR count). The number of pyridine rings is 1. The van der Waals surface area contributed by atoms with E-state index < -0.39 is 0 Å². The van der Waals surface area contributed by atoms with Crippen molar-refractivity contribution in [3.8, 4) is 0 Å². The van der Waals surface area contributed by atoms with Crippen LogP contribution in [-0.2, 0) is 0 Å². The molecule has 0 aliphatic carbocycles. The average molecular weight is 299 g/mol. The summed E-state index contributed by atoms with van der Waals surface area (Å²) in [5, 5.41) is 3.61. The van der Waals surface area contributed by atoms with Gasteiger partial charge in [-0.25, -0.2) is 9.97 Å². The van der Waals surface area contributed by atoms with E-state index in [2.05, 4.69) is 32.8 Å². The van der Waals surface area contributed by atoms with E-state index in [9.17, 15) is 0 Å². The van der Waals surface area contributed by atoms with Crippen molar-refractivity contribution in [1.29, 1.82) is 0 Å². The summed E-state index contributed by atoms with van der Waals surface area (Å²) >= 11 is 0. The van der Waals surface area contributed by atoms with Crippen LogP contribution in [0.25, 0.3) is 11.2 Å². The molecule has 2 aromatic heterocycles. The number of aromatic nitrogens is 3. The van der Waals surface area contributed by atoms with Crippen molar-refractivity contribution in [1.82, 2.24) is 24.8 Å². The number of nitrogens with one attached hydrogen (secondary N) is 1. The van der Waals surface area contributed by atoms with Gasteiger partial charge in [0.1, 0.15) is 11.3 Å². The van der Waals surface area contributed by atoms with E-state index in [1.807, 2.05) is 12.3 Å². The Kier molecular flexibility index (Phi) is 3.84. The average Bonchev–Trinajstić information content (AvgIpc) is 3.22. The molecule has 5 heteroatoms. The summed E-state index contributed by atoms with van der Waals surface area (Å²) in [5.74, 6) is 1.20. The molecule has 2 aromatic rings. The minimum Gasteiger partial charge on any atom is -0.307 e. The van der Waals surface area contributed by atoms with Gasteiger partial charge >= 0.3 is 0 Å². The quantitative estimate of drug-likeness (QED) is 0.946. The molecule has 1 N–H and O–H groups in total. The lowest BCUT2D eigenvalue weighted by Crippen LogP contribution is -2.37. The molecule has 2 atom stereocenters. The van der Waals surface area contributed by atoms with Crippen LogP contribution in [0.4, 0.5) is 0 Å². The van der Waals surface area contributed by atoms with Gasteiger partial charge in [-0.05, 0) is 57.5 Å². The van der Waals surface area contributed by atoms with Crippen molar-refractivity contribution in [2.45, 2.75) is 44.7 Å². The number of imidazole rings is 1. The molecule has 0 amide bonds. The van der Waals surface area contributed by atoms with E-state index in [1.54, 1.807) is 0 Å². The number of likely N-dealkylation sites (tertiary alicyclic amines) is 1. The standard InChI is InChI=1S/C17H25N5/c1-2-21-11-5-6-13(12-21)22-16-15(8-4-10-19-16)20-17(22)14-7-3-9-18-14/h4,8,10,13-14,18H,2-3,5-7,9,11-12H2,1H3. The van der Waals surface area contributed by atoms with Gasteiger partial charge in [-0.1, -0.05) is 6.92 Å². The van der Waals surface area contributed by atoms with Crippen LogP contribution < -0.4 is 5.32 Å². The lowest BCUT2D eigenvalue weighted by atomic mass is 10.0. The third kappa shape index (κ3) is 2.42. The van der Waals surface area contributed by atoms with Crippen LogP contribution in [0.2, 0.25) is 0 Å². The van der Waals surface area contributed by atoms with Crippen LogP contribution in [0.15, 0.2) is 18.3 Å². The Morgan fingerprint density at radius 3 is 3.09 bits per heavy atom. The lowest BCUT2D eigenvalue weighted by Gasteiger charge is -2.34. The molecule has 22 heavy (non-hydrogen) atoms. The van der Waals surface area contributed by atoms with Gasteiger partial charge in [-0.2, -0.15) is 0 Å². The molecule has 0 saturated carbocycles. The number of nitrogens with zero attached hydrogens (tertiary/aromatic N) is 4. The normalized spacial score (nSPS) is 26.8. The molecule has 2 aliphatic rings. The highest BCUT2D eigenvalue weighted by Gasteiger charge is 2.29. The molecule has 2 unspecified atom stereocenters. The minimum absolute atomic E-state index is 0.395. The number of fused-ring (bicyclic) bond motifs is 1. The second-order valence-corrected chi connectivity index (χ2v) is 6.52. The third-order valence-electron chi connectivity index (χ3n) is 5.14. The number of piperidine rings is 1. The van der Waals surface area contributed by atoms with Crippen LogP contribution in [0.3, 0.4) is 0 Å². The smallest absolute Gasteiger partial charge is 0.160 e. The van der Waals surface area contributed by atoms with Crippen LogP contribution in [0.5, 0.6) is 0 Å². The zero-order valence-corrected chi connectivity index (χ0v) is 13.3. The molecule has 2 fully saturated rings. The SMILES string of the molecule is CCN1CCCC(n2c(C3CCCN3)nc3cccnc32)C1. The Hall–Kier alpha value is -1.46. The molecule has 4 heterocycles. The molecule has 0 bridgehead atoms. The maximum absolute atomic E-state index is 4.94. The fraction of sp³-hybridized carbons (Fsp3) is 0.647. The second kappa shape index (κ2) is 5.97. The Balaban J connectivity index is 1.78. The van der Waals surface area contributed by atoms with Gasteiger partial charge in [0.05, 0.1) is 6.04 Å². The topological polar surface area (TPSA) is 46.0 Å². The van der Waals surface area contributed by atoms with Gasteiger partial charge < -0.3 is 14.8 Å². The van der Waals surface area contributed by atoms with Gasteiger partial charge in [0.2, 0.25) is 0 Å². The molecular formula is C17H25N5. The minimum atomic E-state index is 0.395.